The summed E-state index contributed by atoms with van der Waals surface area (Å²) in [6, 6.07) is 2.92. The second-order valence-corrected chi connectivity index (χ2v) is 6.41. The van der Waals surface area contributed by atoms with Gasteiger partial charge in [-0.15, -0.1) is 0 Å². The van der Waals surface area contributed by atoms with E-state index in [4.69, 9.17) is 5.73 Å². The van der Waals surface area contributed by atoms with Crippen molar-refractivity contribution in [1.29, 1.82) is 0 Å². The van der Waals surface area contributed by atoms with E-state index in [1.807, 2.05) is 0 Å². The summed E-state index contributed by atoms with van der Waals surface area (Å²) in [7, 11) is 0. The Hall–Kier alpha value is -0.120. The maximum absolute atomic E-state index is 6.02. The van der Waals surface area contributed by atoms with Gasteiger partial charge in [-0.2, -0.15) is 0 Å². The summed E-state index contributed by atoms with van der Waals surface area (Å²) in [6.07, 6.45) is 7.98. The minimum Gasteiger partial charge on any atom is -0.328 e. The minimum atomic E-state index is 0.481. The molecule has 0 bridgehead atoms. The summed E-state index contributed by atoms with van der Waals surface area (Å²) in [5.41, 5.74) is 6.02. The number of fused-ring (bicyclic) bond motifs is 1. The molecule has 0 spiro atoms. The number of nitrogens with two attached hydrogens (primary N) is 1. The van der Waals surface area contributed by atoms with Crippen molar-refractivity contribution in [2.24, 2.45) is 5.73 Å². The van der Waals surface area contributed by atoms with E-state index in [0.29, 0.717) is 6.04 Å². The fourth-order valence-corrected chi connectivity index (χ4v) is 4.15. The standard InChI is InChI=1S/C14H27N3/c1-11-9-16-8-2-3-14(16)10-17(11)13-6-4-12(15)5-7-13/h11-14H,2-10,15H2,1H3. The lowest BCUT2D eigenvalue weighted by atomic mass is 9.89. The molecule has 17 heavy (non-hydrogen) atoms. The minimum absolute atomic E-state index is 0.481. The zero-order valence-corrected chi connectivity index (χ0v) is 11.1. The molecule has 0 aromatic carbocycles. The molecule has 2 saturated heterocycles. The molecule has 3 rings (SSSR count). The van der Waals surface area contributed by atoms with E-state index in [0.717, 1.165) is 18.1 Å². The molecule has 3 fully saturated rings. The molecular weight excluding hydrogens is 210 g/mol. The molecule has 2 unspecified atom stereocenters. The Kier molecular flexibility index (Phi) is 3.42. The first-order chi connectivity index (χ1) is 8.24. The van der Waals surface area contributed by atoms with Crippen molar-refractivity contribution in [2.45, 2.75) is 69.6 Å². The first kappa shape index (κ1) is 11.9. The molecule has 0 aromatic rings. The topological polar surface area (TPSA) is 32.5 Å². The van der Waals surface area contributed by atoms with E-state index in [2.05, 4.69) is 16.7 Å². The number of hydrogen-bond acceptors (Lipinski definition) is 3. The van der Waals surface area contributed by atoms with Gasteiger partial charge in [0.15, 0.2) is 0 Å². The van der Waals surface area contributed by atoms with Crippen molar-refractivity contribution in [3.63, 3.8) is 0 Å². The quantitative estimate of drug-likeness (QED) is 0.749. The Bertz CT molecular complexity index is 260. The Morgan fingerprint density at radius 3 is 2.47 bits per heavy atom. The van der Waals surface area contributed by atoms with E-state index < -0.39 is 0 Å². The molecule has 0 amide bonds. The number of hydrogen-bond donors (Lipinski definition) is 1. The Balaban J connectivity index is 1.62. The van der Waals surface area contributed by atoms with Crippen LogP contribution in [0.4, 0.5) is 0 Å². The smallest absolute Gasteiger partial charge is 0.0224 e. The first-order valence-electron chi connectivity index (χ1n) is 7.49. The lowest BCUT2D eigenvalue weighted by molar-refractivity contribution is 0.0146. The summed E-state index contributed by atoms with van der Waals surface area (Å²) in [5, 5.41) is 0. The monoisotopic (exact) mass is 237 g/mol. The highest BCUT2D eigenvalue weighted by molar-refractivity contribution is 4.94. The number of nitrogens with zero attached hydrogens (tertiary/aromatic N) is 2. The maximum atomic E-state index is 6.02. The summed E-state index contributed by atoms with van der Waals surface area (Å²) in [4.78, 5) is 5.52. The fourth-order valence-electron chi connectivity index (χ4n) is 4.15. The zero-order chi connectivity index (χ0) is 11.8. The molecule has 0 radical (unpaired) electrons. The number of rotatable bonds is 1. The number of piperazine rings is 1. The molecule has 3 heteroatoms. The fraction of sp³-hybridized carbons (Fsp3) is 1.00. The molecule has 2 atom stereocenters. The zero-order valence-electron chi connectivity index (χ0n) is 11.1. The van der Waals surface area contributed by atoms with Crippen molar-refractivity contribution in [2.75, 3.05) is 19.6 Å². The third kappa shape index (κ3) is 2.38. The maximum Gasteiger partial charge on any atom is 0.0224 e. The van der Waals surface area contributed by atoms with Gasteiger partial charge in [-0.05, 0) is 52.0 Å². The Labute approximate surface area is 105 Å². The van der Waals surface area contributed by atoms with Gasteiger partial charge >= 0.3 is 0 Å². The third-order valence-electron chi connectivity index (χ3n) is 5.20. The van der Waals surface area contributed by atoms with E-state index >= 15 is 0 Å². The highest BCUT2D eigenvalue weighted by Gasteiger charge is 2.37. The van der Waals surface area contributed by atoms with Crippen LogP contribution in [0.2, 0.25) is 0 Å². The van der Waals surface area contributed by atoms with Crippen LogP contribution >= 0.6 is 0 Å². The molecule has 98 valence electrons. The molecule has 2 heterocycles. The van der Waals surface area contributed by atoms with Crippen LogP contribution in [0.3, 0.4) is 0 Å². The lowest BCUT2D eigenvalue weighted by Gasteiger charge is -2.47. The predicted octanol–water partition coefficient (Wildman–Crippen LogP) is 1.42. The Morgan fingerprint density at radius 2 is 1.71 bits per heavy atom. The van der Waals surface area contributed by atoms with Gasteiger partial charge in [-0.25, -0.2) is 0 Å². The van der Waals surface area contributed by atoms with Gasteiger partial charge < -0.3 is 5.73 Å². The SMILES string of the molecule is CC1CN2CCCC2CN1C1CCC(N)CC1. The second-order valence-electron chi connectivity index (χ2n) is 6.41. The van der Waals surface area contributed by atoms with Crippen LogP contribution in [0.25, 0.3) is 0 Å². The summed E-state index contributed by atoms with van der Waals surface area (Å²) in [6.45, 7) is 6.38. The lowest BCUT2D eigenvalue weighted by Crippen LogP contribution is -2.58. The molecule has 2 aliphatic heterocycles. The molecule has 1 saturated carbocycles. The van der Waals surface area contributed by atoms with Crippen molar-refractivity contribution >= 4 is 0 Å². The predicted molar refractivity (Wildman–Crippen MR) is 71.0 cm³/mol. The van der Waals surface area contributed by atoms with Gasteiger partial charge in [0.05, 0.1) is 0 Å². The van der Waals surface area contributed by atoms with E-state index in [1.165, 1.54) is 58.2 Å². The highest BCUT2D eigenvalue weighted by atomic mass is 15.3. The first-order valence-corrected chi connectivity index (χ1v) is 7.49. The van der Waals surface area contributed by atoms with Gasteiger partial charge in [-0.1, -0.05) is 0 Å². The van der Waals surface area contributed by atoms with Gasteiger partial charge in [0.25, 0.3) is 0 Å². The molecule has 1 aliphatic carbocycles. The summed E-state index contributed by atoms with van der Waals surface area (Å²) >= 11 is 0. The van der Waals surface area contributed by atoms with E-state index in [9.17, 15) is 0 Å². The van der Waals surface area contributed by atoms with Crippen molar-refractivity contribution in [3.05, 3.63) is 0 Å². The van der Waals surface area contributed by atoms with Crippen molar-refractivity contribution in [1.82, 2.24) is 9.80 Å². The Morgan fingerprint density at radius 1 is 0.941 bits per heavy atom. The molecule has 3 aliphatic rings. The summed E-state index contributed by atoms with van der Waals surface area (Å²) in [5.74, 6) is 0. The van der Waals surface area contributed by atoms with E-state index in [-0.39, 0.29) is 0 Å². The summed E-state index contributed by atoms with van der Waals surface area (Å²) < 4.78 is 0. The average Bonchev–Trinajstić information content (AvgIpc) is 2.76. The normalized spacial score (nSPS) is 44.8. The van der Waals surface area contributed by atoms with Crippen molar-refractivity contribution < 1.29 is 0 Å². The molecule has 2 N–H and O–H groups in total. The van der Waals surface area contributed by atoms with Crippen LogP contribution in [-0.2, 0) is 0 Å². The largest absolute Gasteiger partial charge is 0.328 e. The molecular formula is C14H27N3. The average molecular weight is 237 g/mol. The molecule has 0 aromatic heterocycles. The van der Waals surface area contributed by atoms with Crippen LogP contribution in [0.5, 0.6) is 0 Å². The second kappa shape index (κ2) is 4.87. The van der Waals surface area contributed by atoms with Crippen LogP contribution < -0.4 is 5.73 Å². The van der Waals surface area contributed by atoms with Crippen molar-refractivity contribution in [3.8, 4) is 0 Å². The van der Waals surface area contributed by atoms with Crippen LogP contribution in [-0.4, -0.2) is 53.6 Å². The highest BCUT2D eigenvalue weighted by Crippen LogP contribution is 2.30. The van der Waals surface area contributed by atoms with Gasteiger partial charge in [0, 0.05) is 37.3 Å². The molecule has 3 nitrogen and oxygen atoms in total. The van der Waals surface area contributed by atoms with Crippen LogP contribution in [0.1, 0.15) is 45.4 Å². The van der Waals surface area contributed by atoms with Gasteiger partial charge in [-0.3, -0.25) is 9.80 Å². The van der Waals surface area contributed by atoms with E-state index in [1.54, 1.807) is 0 Å². The van der Waals surface area contributed by atoms with Crippen LogP contribution in [0.15, 0.2) is 0 Å². The van der Waals surface area contributed by atoms with Crippen LogP contribution in [0, 0.1) is 0 Å². The third-order valence-corrected chi connectivity index (χ3v) is 5.20. The van der Waals surface area contributed by atoms with Gasteiger partial charge in [0.1, 0.15) is 0 Å². The van der Waals surface area contributed by atoms with Gasteiger partial charge in [0.2, 0.25) is 0 Å².